The number of amides is 1. The van der Waals surface area contributed by atoms with Gasteiger partial charge >= 0.3 is 0 Å². The Balaban J connectivity index is 1.84. The Hall–Kier alpha value is -1.81. The van der Waals surface area contributed by atoms with Crippen molar-refractivity contribution in [2.45, 2.75) is 47.0 Å². The zero-order valence-electron chi connectivity index (χ0n) is 14.9. The molecule has 24 heavy (non-hydrogen) atoms. The minimum atomic E-state index is -0.0805. The SMILES string of the molecule is Cc1ccc(NC(=O)c2c(N)sc3c2CC[C@@H](C(C)(C)C)C3)cc1. The van der Waals surface area contributed by atoms with Crippen molar-refractivity contribution in [1.29, 1.82) is 0 Å². The number of nitrogens with two attached hydrogens (primary N) is 1. The molecule has 0 unspecified atom stereocenters. The molecule has 1 amide bonds. The van der Waals surface area contributed by atoms with Gasteiger partial charge in [0.25, 0.3) is 5.91 Å². The largest absolute Gasteiger partial charge is 0.390 e. The smallest absolute Gasteiger partial charge is 0.258 e. The van der Waals surface area contributed by atoms with E-state index in [1.165, 1.54) is 16.0 Å². The zero-order valence-corrected chi connectivity index (χ0v) is 15.7. The van der Waals surface area contributed by atoms with E-state index in [0.29, 0.717) is 21.9 Å². The maximum Gasteiger partial charge on any atom is 0.258 e. The first-order valence-corrected chi connectivity index (χ1v) is 9.35. The summed E-state index contributed by atoms with van der Waals surface area (Å²) in [6.07, 6.45) is 3.10. The second-order valence-corrected chi connectivity index (χ2v) is 9.01. The van der Waals surface area contributed by atoms with E-state index in [2.05, 4.69) is 26.1 Å². The Labute approximate surface area is 148 Å². The second kappa shape index (κ2) is 6.25. The standard InChI is InChI=1S/C20H26N2OS/c1-12-5-8-14(9-6-12)22-19(23)17-15-10-7-13(20(2,3)4)11-16(15)24-18(17)21/h5-6,8-9,13H,7,10-11,21H2,1-4H3,(H,22,23)/t13-/m1/s1. The number of anilines is 2. The molecule has 1 aliphatic rings. The van der Waals surface area contributed by atoms with Gasteiger partial charge in [-0.15, -0.1) is 11.3 Å². The van der Waals surface area contributed by atoms with E-state index >= 15 is 0 Å². The van der Waals surface area contributed by atoms with Crippen molar-refractivity contribution in [3.63, 3.8) is 0 Å². The molecule has 4 heteroatoms. The van der Waals surface area contributed by atoms with E-state index in [-0.39, 0.29) is 5.91 Å². The Bertz CT molecular complexity index is 753. The molecule has 0 aliphatic heterocycles. The van der Waals surface area contributed by atoms with Crippen LogP contribution < -0.4 is 11.1 Å². The average Bonchev–Trinajstić information content (AvgIpc) is 2.83. The first kappa shape index (κ1) is 17.0. The van der Waals surface area contributed by atoms with E-state index < -0.39 is 0 Å². The summed E-state index contributed by atoms with van der Waals surface area (Å²) in [6.45, 7) is 8.92. The maximum atomic E-state index is 12.7. The van der Waals surface area contributed by atoms with Crippen LogP contribution in [0.25, 0.3) is 0 Å². The summed E-state index contributed by atoms with van der Waals surface area (Å²) in [5, 5.41) is 3.64. The number of carbonyl (C=O) groups is 1. The van der Waals surface area contributed by atoms with Gasteiger partial charge in [0, 0.05) is 10.6 Å². The summed E-state index contributed by atoms with van der Waals surface area (Å²) in [7, 11) is 0. The van der Waals surface area contributed by atoms with Crippen molar-refractivity contribution in [3.8, 4) is 0 Å². The van der Waals surface area contributed by atoms with Gasteiger partial charge in [-0.25, -0.2) is 0 Å². The fourth-order valence-corrected chi connectivity index (χ4v) is 4.62. The Morgan fingerprint density at radius 2 is 1.92 bits per heavy atom. The molecule has 0 fully saturated rings. The Kier molecular flexibility index (Phi) is 4.43. The number of carbonyl (C=O) groups excluding carboxylic acids is 1. The highest BCUT2D eigenvalue weighted by Gasteiger charge is 2.33. The molecule has 1 aromatic heterocycles. The van der Waals surface area contributed by atoms with Crippen LogP contribution in [0.5, 0.6) is 0 Å². The molecule has 0 saturated carbocycles. The molecule has 3 nitrogen and oxygen atoms in total. The summed E-state index contributed by atoms with van der Waals surface area (Å²) in [5.41, 5.74) is 10.4. The van der Waals surface area contributed by atoms with Crippen molar-refractivity contribution in [2.75, 3.05) is 11.1 Å². The van der Waals surface area contributed by atoms with Crippen LogP contribution in [0.3, 0.4) is 0 Å². The number of nitrogens with one attached hydrogen (secondary N) is 1. The molecule has 128 valence electrons. The third-order valence-corrected chi connectivity index (χ3v) is 6.14. The summed E-state index contributed by atoms with van der Waals surface area (Å²) in [5.74, 6) is 0.569. The van der Waals surface area contributed by atoms with E-state index in [1.54, 1.807) is 11.3 Å². The van der Waals surface area contributed by atoms with Crippen LogP contribution in [0.1, 0.15) is 53.6 Å². The lowest BCUT2D eigenvalue weighted by Crippen LogP contribution is -2.27. The number of hydrogen-bond acceptors (Lipinski definition) is 3. The number of rotatable bonds is 2. The molecule has 1 aliphatic carbocycles. The van der Waals surface area contributed by atoms with Gasteiger partial charge < -0.3 is 11.1 Å². The average molecular weight is 343 g/mol. The van der Waals surface area contributed by atoms with Crippen LogP contribution in [-0.2, 0) is 12.8 Å². The molecule has 3 N–H and O–H groups in total. The third-order valence-electron chi connectivity index (χ3n) is 5.05. The number of nitrogen functional groups attached to an aromatic ring is 1. The maximum absolute atomic E-state index is 12.7. The van der Waals surface area contributed by atoms with Gasteiger partial charge in [0.15, 0.2) is 0 Å². The lowest BCUT2D eigenvalue weighted by molar-refractivity contribution is 0.102. The fraction of sp³-hybridized carbons (Fsp3) is 0.450. The van der Waals surface area contributed by atoms with Gasteiger partial charge in [-0.2, -0.15) is 0 Å². The number of benzene rings is 1. The van der Waals surface area contributed by atoms with E-state index in [1.807, 2.05) is 31.2 Å². The normalized spacial score (nSPS) is 17.4. The van der Waals surface area contributed by atoms with Crippen LogP contribution in [0.15, 0.2) is 24.3 Å². The van der Waals surface area contributed by atoms with Gasteiger partial charge in [0.1, 0.15) is 0 Å². The van der Waals surface area contributed by atoms with E-state index in [9.17, 15) is 4.79 Å². The van der Waals surface area contributed by atoms with Crippen molar-refractivity contribution in [2.24, 2.45) is 11.3 Å². The van der Waals surface area contributed by atoms with E-state index in [4.69, 9.17) is 5.73 Å². The number of fused-ring (bicyclic) bond motifs is 1. The van der Waals surface area contributed by atoms with Crippen LogP contribution >= 0.6 is 11.3 Å². The molecular weight excluding hydrogens is 316 g/mol. The molecular formula is C20H26N2OS. The van der Waals surface area contributed by atoms with Gasteiger partial charge in [0.05, 0.1) is 10.6 Å². The summed E-state index contributed by atoms with van der Waals surface area (Å²) < 4.78 is 0. The van der Waals surface area contributed by atoms with E-state index in [0.717, 1.165) is 24.9 Å². The van der Waals surface area contributed by atoms with Gasteiger partial charge in [-0.05, 0) is 55.2 Å². The first-order chi connectivity index (χ1) is 11.3. The van der Waals surface area contributed by atoms with Crippen molar-refractivity contribution < 1.29 is 4.79 Å². The lowest BCUT2D eigenvalue weighted by Gasteiger charge is -2.33. The Morgan fingerprint density at radius 3 is 2.54 bits per heavy atom. The minimum Gasteiger partial charge on any atom is -0.390 e. The molecule has 0 spiro atoms. The predicted octanol–water partition coefficient (Wildman–Crippen LogP) is 5.04. The van der Waals surface area contributed by atoms with Crippen molar-refractivity contribution in [3.05, 3.63) is 45.8 Å². The highest BCUT2D eigenvalue weighted by Crippen LogP contribution is 2.43. The summed E-state index contributed by atoms with van der Waals surface area (Å²) in [4.78, 5) is 14.0. The molecule has 0 radical (unpaired) electrons. The molecule has 0 saturated heterocycles. The predicted molar refractivity (Wildman–Crippen MR) is 103 cm³/mol. The van der Waals surface area contributed by atoms with Crippen molar-refractivity contribution in [1.82, 2.24) is 0 Å². The fourth-order valence-electron chi connectivity index (χ4n) is 3.43. The minimum absolute atomic E-state index is 0.0805. The van der Waals surface area contributed by atoms with Crippen LogP contribution in [-0.4, -0.2) is 5.91 Å². The molecule has 1 heterocycles. The van der Waals surface area contributed by atoms with Gasteiger partial charge in [-0.1, -0.05) is 38.5 Å². The Morgan fingerprint density at radius 1 is 1.25 bits per heavy atom. The zero-order chi connectivity index (χ0) is 17.5. The molecule has 0 bridgehead atoms. The van der Waals surface area contributed by atoms with Crippen molar-refractivity contribution >= 4 is 27.9 Å². The summed E-state index contributed by atoms with van der Waals surface area (Å²) in [6, 6.07) is 7.85. The van der Waals surface area contributed by atoms with Gasteiger partial charge in [-0.3, -0.25) is 4.79 Å². The highest BCUT2D eigenvalue weighted by molar-refractivity contribution is 7.16. The van der Waals surface area contributed by atoms with Gasteiger partial charge in [0.2, 0.25) is 0 Å². The monoisotopic (exact) mass is 342 g/mol. The number of hydrogen-bond donors (Lipinski definition) is 2. The molecule has 1 atom stereocenters. The number of aryl methyl sites for hydroxylation is 1. The molecule has 3 rings (SSSR count). The first-order valence-electron chi connectivity index (χ1n) is 8.53. The van der Waals surface area contributed by atoms with Crippen LogP contribution in [0, 0.1) is 18.3 Å². The summed E-state index contributed by atoms with van der Waals surface area (Å²) >= 11 is 1.59. The molecule has 1 aromatic carbocycles. The topological polar surface area (TPSA) is 55.1 Å². The molecule has 2 aromatic rings. The van der Waals surface area contributed by atoms with Crippen LogP contribution in [0.4, 0.5) is 10.7 Å². The number of thiophene rings is 1. The highest BCUT2D eigenvalue weighted by atomic mass is 32.1. The quantitative estimate of drug-likeness (QED) is 0.803. The lowest BCUT2D eigenvalue weighted by atomic mass is 9.72. The third kappa shape index (κ3) is 3.34. The van der Waals surface area contributed by atoms with Crippen LogP contribution in [0.2, 0.25) is 0 Å². The second-order valence-electron chi connectivity index (χ2n) is 7.87.